The maximum absolute atomic E-state index is 12.1. The van der Waals surface area contributed by atoms with Crippen molar-refractivity contribution in [2.75, 3.05) is 38.1 Å². The highest BCUT2D eigenvalue weighted by atomic mass is 16.7. The summed E-state index contributed by atoms with van der Waals surface area (Å²) < 4.78 is 12.5. The van der Waals surface area contributed by atoms with E-state index in [1.165, 1.54) is 0 Å². The minimum Gasteiger partial charge on any atom is -0.399 e. The molecule has 2 N–H and O–H groups in total. The first-order valence-corrected chi connectivity index (χ1v) is 8.84. The van der Waals surface area contributed by atoms with Crippen LogP contribution in [0.25, 0.3) is 0 Å². The molecule has 3 rings (SSSR count). The third-order valence-corrected chi connectivity index (χ3v) is 5.66. The maximum Gasteiger partial charge on any atom is 0.496 e. The van der Waals surface area contributed by atoms with Crippen molar-refractivity contribution in [2.24, 2.45) is 5.73 Å². The molecule has 25 heavy (non-hydrogen) atoms. The summed E-state index contributed by atoms with van der Waals surface area (Å²) in [5, 5.41) is 0. The van der Waals surface area contributed by atoms with E-state index in [2.05, 4.69) is 16.8 Å². The van der Waals surface area contributed by atoms with Gasteiger partial charge in [-0.05, 0) is 40.8 Å². The molecule has 0 radical (unpaired) electrons. The Morgan fingerprint density at radius 1 is 1.08 bits per heavy atom. The number of likely N-dealkylation sites (N-methyl/N-ethyl adjacent to an activating group) is 1. The minimum atomic E-state index is -0.515. The lowest BCUT2D eigenvalue weighted by molar-refractivity contribution is 0.00578. The molecule has 1 aromatic rings. The highest BCUT2D eigenvalue weighted by Gasteiger charge is 2.52. The summed E-state index contributed by atoms with van der Waals surface area (Å²) in [6, 6.07) is 5.60. The van der Waals surface area contributed by atoms with Gasteiger partial charge in [0.25, 0.3) is 5.91 Å². The smallest absolute Gasteiger partial charge is 0.399 e. The molecule has 0 spiro atoms. The second kappa shape index (κ2) is 6.30. The van der Waals surface area contributed by atoms with Crippen molar-refractivity contribution in [1.29, 1.82) is 0 Å². The van der Waals surface area contributed by atoms with E-state index in [0.29, 0.717) is 5.56 Å². The zero-order valence-corrected chi connectivity index (χ0v) is 15.8. The normalized spacial score (nSPS) is 23.1. The molecule has 0 atom stereocenters. The van der Waals surface area contributed by atoms with Crippen molar-refractivity contribution in [2.45, 2.75) is 38.9 Å². The Morgan fingerprint density at radius 2 is 1.64 bits per heavy atom. The molecular weight excluding hydrogens is 317 g/mol. The predicted octanol–water partition coefficient (Wildman–Crippen LogP) is 0.837. The fraction of sp³-hybridized carbons (Fsp3) is 0.611. The summed E-state index contributed by atoms with van der Waals surface area (Å²) >= 11 is 0. The number of para-hydroxylation sites is 1. The van der Waals surface area contributed by atoms with Gasteiger partial charge in [0, 0.05) is 37.3 Å². The van der Waals surface area contributed by atoms with Gasteiger partial charge in [0.15, 0.2) is 0 Å². The van der Waals surface area contributed by atoms with Gasteiger partial charge in [-0.25, -0.2) is 0 Å². The van der Waals surface area contributed by atoms with Gasteiger partial charge in [-0.3, -0.25) is 4.79 Å². The molecule has 0 aliphatic carbocycles. The Kier molecular flexibility index (Phi) is 4.60. The van der Waals surface area contributed by atoms with Gasteiger partial charge >= 0.3 is 7.12 Å². The van der Waals surface area contributed by atoms with Gasteiger partial charge in [0.05, 0.1) is 16.8 Å². The van der Waals surface area contributed by atoms with E-state index in [9.17, 15) is 4.79 Å². The second-order valence-electron chi connectivity index (χ2n) is 7.99. The summed E-state index contributed by atoms with van der Waals surface area (Å²) in [5.74, 6) is -0.424. The van der Waals surface area contributed by atoms with E-state index in [1.807, 2.05) is 39.8 Å². The SMILES string of the molecule is CN1CCN(c2c(B3OC(C)(C)C(C)(C)O3)cccc2C(N)=O)CC1. The standard InChI is InChI=1S/C18H28BN3O3/c1-17(2)18(3,4)25-19(24-17)14-8-6-7-13(16(20)23)15(14)22-11-9-21(5)10-12-22/h6-8H,9-12H2,1-5H3,(H2,20,23). The van der Waals surface area contributed by atoms with Crippen molar-refractivity contribution < 1.29 is 14.1 Å². The Bertz CT molecular complexity index is 654. The zero-order chi connectivity index (χ0) is 18.4. The number of hydrogen-bond acceptors (Lipinski definition) is 5. The number of anilines is 1. The summed E-state index contributed by atoms with van der Waals surface area (Å²) in [6.45, 7) is 11.7. The van der Waals surface area contributed by atoms with E-state index >= 15 is 0 Å². The van der Waals surface area contributed by atoms with Crippen LogP contribution in [0.15, 0.2) is 18.2 Å². The first kappa shape index (κ1) is 18.2. The fourth-order valence-corrected chi connectivity index (χ4v) is 3.30. The van der Waals surface area contributed by atoms with Gasteiger partial charge in [0.1, 0.15) is 0 Å². The van der Waals surface area contributed by atoms with Crippen LogP contribution >= 0.6 is 0 Å². The molecule has 1 aromatic carbocycles. The van der Waals surface area contributed by atoms with Crippen LogP contribution in [0.3, 0.4) is 0 Å². The molecule has 0 aromatic heterocycles. The van der Waals surface area contributed by atoms with Crippen LogP contribution < -0.4 is 16.1 Å². The van der Waals surface area contributed by atoms with Gasteiger partial charge < -0.3 is 24.8 Å². The number of hydrogen-bond donors (Lipinski definition) is 1. The van der Waals surface area contributed by atoms with E-state index in [-0.39, 0.29) is 0 Å². The maximum atomic E-state index is 12.1. The average molecular weight is 345 g/mol. The van der Waals surface area contributed by atoms with Crippen molar-refractivity contribution in [3.8, 4) is 0 Å². The minimum absolute atomic E-state index is 0.424. The molecule has 0 bridgehead atoms. The molecule has 2 fully saturated rings. The number of piperazine rings is 1. The van der Waals surface area contributed by atoms with Crippen LogP contribution in [0, 0.1) is 0 Å². The number of amides is 1. The molecule has 0 saturated carbocycles. The van der Waals surface area contributed by atoms with Crippen molar-refractivity contribution in [1.82, 2.24) is 4.90 Å². The quantitative estimate of drug-likeness (QED) is 0.823. The fourth-order valence-electron chi connectivity index (χ4n) is 3.30. The summed E-state index contributed by atoms with van der Waals surface area (Å²) in [6.07, 6.45) is 0. The third kappa shape index (κ3) is 3.28. The molecule has 2 aliphatic rings. The highest BCUT2D eigenvalue weighted by molar-refractivity contribution is 6.64. The number of primary amides is 1. The molecular formula is C18H28BN3O3. The Hall–Kier alpha value is -1.57. The van der Waals surface area contributed by atoms with Crippen LogP contribution in [0.2, 0.25) is 0 Å². The van der Waals surface area contributed by atoms with E-state index < -0.39 is 24.2 Å². The van der Waals surface area contributed by atoms with Crippen LogP contribution in [0.5, 0.6) is 0 Å². The van der Waals surface area contributed by atoms with Crippen LogP contribution in [-0.2, 0) is 9.31 Å². The number of nitrogens with two attached hydrogens (primary N) is 1. The summed E-state index contributed by atoms with van der Waals surface area (Å²) in [4.78, 5) is 16.6. The molecule has 6 nitrogen and oxygen atoms in total. The number of carbonyl (C=O) groups excluding carboxylic acids is 1. The number of benzene rings is 1. The second-order valence-corrected chi connectivity index (χ2v) is 7.99. The highest BCUT2D eigenvalue weighted by Crippen LogP contribution is 2.37. The van der Waals surface area contributed by atoms with Crippen molar-refractivity contribution >= 4 is 24.2 Å². The molecule has 7 heteroatoms. The number of rotatable bonds is 3. The average Bonchev–Trinajstić information content (AvgIpc) is 2.75. The number of carbonyl (C=O) groups is 1. The van der Waals surface area contributed by atoms with E-state index in [4.69, 9.17) is 15.0 Å². The van der Waals surface area contributed by atoms with Gasteiger partial charge in [-0.15, -0.1) is 0 Å². The van der Waals surface area contributed by atoms with E-state index in [0.717, 1.165) is 37.3 Å². The molecule has 136 valence electrons. The molecule has 2 heterocycles. The zero-order valence-electron chi connectivity index (χ0n) is 15.8. The largest absolute Gasteiger partial charge is 0.496 e. The van der Waals surface area contributed by atoms with Crippen LogP contribution in [0.1, 0.15) is 38.1 Å². The molecule has 0 unspecified atom stereocenters. The number of nitrogens with zero attached hydrogens (tertiary/aromatic N) is 2. The Labute approximate surface area is 150 Å². The Morgan fingerprint density at radius 3 is 2.16 bits per heavy atom. The molecule has 2 saturated heterocycles. The summed E-state index contributed by atoms with van der Waals surface area (Å²) in [7, 11) is 1.59. The van der Waals surface area contributed by atoms with Gasteiger partial charge in [-0.2, -0.15) is 0 Å². The topological polar surface area (TPSA) is 68.0 Å². The lowest BCUT2D eigenvalue weighted by Crippen LogP contribution is -2.49. The Balaban J connectivity index is 2.02. The lowest BCUT2D eigenvalue weighted by Gasteiger charge is -2.36. The van der Waals surface area contributed by atoms with Crippen LogP contribution in [0.4, 0.5) is 5.69 Å². The monoisotopic (exact) mass is 345 g/mol. The molecule has 1 amide bonds. The lowest BCUT2D eigenvalue weighted by atomic mass is 9.76. The van der Waals surface area contributed by atoms with Crippen molar-refractivity contribution in [3.05, 3.63) is 23.8 Å². The van der Waals surface area contributed by atoms with E-state index in [1.54, 1.807) is 6.07 Å². The van der Waals surface area contributed by atoms with Crippen molar-refractivity contribution in [3.63, 3.8) is 0 Å². The van der Waals surface area contributed by atoms with Crippen LogP contribution in [-0.4, -0.2) is 62.4 Å². The predicted molar refractivity (Wildman–Crippen MR) is 100 cm³/mol. The van der Waals surface area contributed by atoms with Gasteiger partial charge in [-0.1, -0.05) is 12.1 Å². The third-order valence-electron chi connectivity index (χ3n) is 5.66. The molecule has 2 aliphatic heterocycles. The van der Waals surface area contributed by atoms with Gasteiger partial charge in [0.2, 0.25) is 0 Å². The first-order valence-electron chi connectivity index (χ1n) is 8.84. The summed E-state index contributed by atoms with van der Waals surface area (Å²) in [5.41, 5.74) is 7.05. The first-order chi connectivity index (χ1) is 11.6.